The lowest BCUT2D eigenvalue weighted by molar-refractivity contribution is -0.117. The number of sulfonamides is 1. The molecule has 2 heterocycles. The number of hydrogen-bond donors (Lipinski definition) is 1. The summed E-state index contributed by atoms with van der Waals surface area (Å²) in [5.41, 5.74) is 0.916. The van der Waals surface area contributed by atoms with Crippen LogP contribution in [-0.2, 0) is 14.8 Å². The number of carbonyl (C=O) groups excluding carboxylic acids is 1. The van der Waals surface area contributed by atoms with Gasteiger partial charge in [0.2, 0.25) is 15.4 Å². The van der Waals surface area contributed by atoms with Crippen LogP contribution in [0.25, 0.3) is 0 Å². The first kappa shape index (κ1) is 19.9. The number of nitrogens with zero attached hydrogens (tertiary/aromatic N) is 3. The summed E-state index contributed by atoms with van der Waals surface area (Å²) in [7, 11) is -3.65. The number of carbonyl (C=O) groups is 1. The number of rotatable bonds is 6. The Hall–Kier alpha value is -1.84. The fourth-order valence-electron chi connectivity index (χ4n) is 3.21. The van der Waals surface area contributed by atoms with Crippen LogP contribution in [0.4, 0.5) is 5.13 Å². The van der Waals surface area contributed by atoms with Gasteiger partial charge in [-0.25, -0.2) is 8.42 Å². The molecule has 1 aromatic heterocycles. The maximum absolute atomic E-state index is 12.8. The minimum atomic E-state index is -3.65. The van der Waals surface area contributed by atoms with Crippen molar-refractivity contribution >= 4 is 32.4 Å². The molecule has 0 spiro atoms. The van der Waals surface area contributed by atoms with Gasteiger partial charge in [0.15, 0.2) is 0 Å². The van der Waals surface area contributed by atoms with Crippen LogP contribution in [0, 0.1) is 0 Å². The highest BCUT2D eigenvalue weighted by Crippen LogP contribution is 2.27. The van der Waals surface area contributed by atoms with Crippen molar-refractivity contribution in [2.75, 3.05) is 18.4 Å². The zero-order chi connectivity index (χ0) is 19.3. The highest BCUT2D eigenvalue weighted by Gasteiger charge is 2.29. The van der Waals surface area contributed by atoms with E-state index in [2.05, 4.69) is 15.5 Å². The summed E-state index contributed by atoms with van der Waals surface area (Å²) in [6.45, 7) is 2.96. The summed E-state index contributed by atoms with van der Waals surface area (Å²) in [4.78, 5) is 12.6. The molecule has 0 aliphatic carbocycles. The number of benzene rings is 1. The average Bonchev–Trinajstić information content (AvgIpc) is 2.96. The van der Waals surface area contributed by atoms with Crippen LogP contribution in [0.1, 0.15) is 50.5 Å². The van der Waals surface area contributed by atoms with E-state index in [1.54, 1.807) is 0 Å². The third-order valence-corrected chi connectivity index (χ3v) is 7.77. The predicted octanol–water partition coefficient (Wildman–Crippen LogP) is 3.24. The number of anilines is 1. The number of aromatic nitrogens is 2. The number of amides is 1. The van der Waals surface area contributed by atoms with Gasteiger partial charge in [0.25, 0.3) is 10.0 Å². The molecule has 0 unspecified atom stereocenters. The molecule has 146 valence electrons. The first-order valence-corrected chi connectivity index (χ1v) is 11.5. The average molecular weight is 409 g/mol. The van der Waals surface area contributed by atoms with Gasteiger partial charge in [-0.05, 0) is 24.8 Å². The third-order valence-electron chi connectivity index (χ3n) is 4.69. The molecule has 1 amide bonds. The minimum absolute atomic E-state index is 0.0625. The summed E-state index contributed by atoms with van der Waals surface area (Å²) in [5.74, 6) is -0.528. The largest absolute Gasteiger partial charge is 0.300 e. The van der Waals surface area contributed by atoms with Crippen molar-refractivity contribution in [3.8, 4) is 0 Å². The van der Waals surface area contributed by atoms with E-state index in [9.17, 15) is 13.2 Å². The zero-order valence-corrected chi connectivity index (χ0v) is 16.9. The van der Waals surface area contributed by atoms with E-state index in [1.165, 1.54) is 4.31 Å². The number of nitrogens with one attached hydrogen (secondary N) is 1. The lowest BCUT2D eigenvalue weighted by atomic mass is 9.96. The van der Waals surface area contributed by atoms with Crippen molar-refractivity contribution in [1.82, 2.24) is 14.5 Å². The van der Waals surface area contributed by atoms with E-state index < -0.39 is 10.0 Å². The van der Waals surface area contributed by atoms with Gasteiger partial charge in [0.05, 0.1) is 5.92 Å². The minimum Gasteiger partial charge on any atom is -0.300 e. The van der Waals surface area contributed by atoms with Crippen LogP contribution in [-0.4, -0.2) is 41.9 Å². The van der Waals surface area contributed by atoms with E-state index in [1.807, 2.05) is 37.3 Å². The molecule has 1 aliphatic rings. The topological polar surface area (TPSA) is 92.3 Å². The monoisotopic (exact) mass is 408 g/mol. The molecule has 0 radical (unpaired) electrons. The molecule has 1 aromatic carbocycles. The zero-order valence-electron chi connectivity index (χ0n) is 15.3. The smallest absolute Gasteiger partial charge is 0.272 e. The van der Waals surface area contributed by atoms with Gasteiger partial charge >= 0.3 is 0 Å². The highest BCUT2D eigenvalue weighted by molar-refractivity contribution is 7.91. The second-order valence-corrected chi connectivity index (χ2v) is 9.64. The number of hydrogen-bond acceptors (Lipinski definition) is 6. The summed E-state index contributed by atoms with van der Waals surface area (Å²) in [6, 6.07) is 9.50. The molecular formula is C18H24N4O3S2. The van der Waals surface area contributed by atoms with Crippen LogP contribution >= 0.6 is 11.3 Å². The molecule has 1 saturated heterocycles. The van der Waals surface area contributed by atoms with Crippen molar-refractivity contribution in [2.24, 2.45) is 0 Å². The molecule has 1 N–H and O–H groups in total. The Morgan fingerprint density at radius 3 is 2.44 bits per heavy atom. The fraction of sp³-hybridized carbons (Fsp3) is 0.500. The molecule has 9 heteroatoms. The van der Waals surface area contributed by atoms with E-state index >= 15 is 0 Å². The Kier molecular flexibility index (Phi) is 6.56. The van der Waals surface area contributed by atoms with Crippen molar-refractivity contribution in [2.45, 2.75) is 49.3 Å². The van der Waals surface area contributed by atoms with E-state index in [0.717, 1.165) is 42.6 Å². The van der Waals surface area contributed by atoms with Gasteiger partial charge in [-0.2, -0.15) is 4.31 Å². The van der Waals surface area contributed by atoms with Gasteiger partial charge < -0.3 is 0 Å². The lowest BCUT2D eigenvalue weighted by Crippen LogP contribution is -2.31. The van der Waals surface area contributed by atoms with Crippen LogP contribution in [0.15, 0.2) is 34.7 Å². The lowest BCUT2D eigenvalue weighted by Gasteiger charge is -2.17. The Labute approximate surface area is 163 Å². The molecule has 1 atom stereocenters. The molecule has 27 heavy (non-hydrogen) atoms. The quantitative estimate of drug-likeness (QED) is 0.741. The second kappa shape index (κ2) is 8.90. The predicted molar refractivity (Wildman–Crippen MR) is 105 cm³/mol. The fourth-order valence-corrected chi connectivity index (χ4v) is 5.77. The standard InChI is InChI=1S/C18H24N4O3S2/c1-2-15(14-10-6-5-7-11-14)16(23)19-17-20-21-18(26-17)27(24,25)22-12-8-3-4-9-13-22/h5-7,10-11,15H,2-4,8-9,12-13H2,1H3,(H,19,20,23)/t15-/m1/s1. The van der Waals surface area contributed by atoms with Gasteiger partial charge in [-0.15, -0.1) is 10.2 Å². The Balaban J connectivity index is 1.72. The van der Waals surface area contributed by atoms with Crippen molar-refractivity contribution < 1.29 is 13.2 Å². The molecule has 0 saturated carbocycles. The van der Waals surface area contributed by atoms with Crippen LogP contribution < -0.4 is 5.32 Å². The van der Waals surface area contributed by atoms with Crippen molar-refractivity contribution in [3.63, 3.8) is 0 Å². The van der Waals surface area contributed by atoms with Gasteiger partial charge in [0, 0.05) is 13.1 Å². The molecule has 1 fully saturated rings. The SMILES string of the molecule is CC[C@@H](C(=O)Nc1nnc(S(=O)(=O)N2CCCCCC2)s1)c1ccccc1. The van der Waals surface area contributed by atoms with Gasteiger partial charge in [0.1, 0.15) is 0 Å². The summed E-state index contributed by atoms with van der Waals surface area (Å²) < 4.78 is 27.0. The molecule has 0 bridgehead atoms. The first-order chi connectivity index (χ1) is 13.0. The van der Waals surface area contributed by atoms with E-state index in [-0.39, 0.29) is 21.3 Å². The molecule has 2 aromatic rings. The molecule has 3 rings (SSSR count). The van der Waals surface area contributed by atoms with E-state index in [4.69, 9.17) is 0 Å². The Morgan fingerprint density at radius 2 is 1.81 bits per heavy atom. The molecular weight excluding hydrogens is 384 g/mol. The molecule has 7 nitrogen and oxygen atoms in total. The third kappa shape index (κ3) is 4.72. The summed E-state index contributed by atoms with van der Waals surface area (Å²) in [6.07, 6.45) is 4.43. The second-order valence-electron chi connectivity index (χ2n) is 6.55. The van der Waals surface area contributed by atoms with Crippen molar-refractivity contribution in [3.05, 3.63) is 35.9 Å². The Bertz CT molecular complexity index is 860. The maximum atomic E-state index is 12.8. The normalized spacial score (nSPS) is 17.2. The van der Waals surface area contributed by atoms with Crippen molar-refractivity contribution in [1.29, 1.82) is 0 Å². The Morgan fingerprint density at radius 1 is 1.15 bits per heavy atom. The summed E-state index contributed by atoms with van der Waals surface area (Å²) in [5, 5.41) is 10.6. The van der Waals surface area contributed by atoms with Crippen LogP contribution in [0.3, 0.4) is 0 Å². The van der Waals surface area contributed by atoms with E-state index in [0.29, 0.717) is 19.5 Å². The molecule has 1 aliphatic heterocycles. The maximum Gasteiger partial charge on any atom is 0.272 e. The van der Waals surface area contributed by atoms with Crippen LogP contribution in [0.5, 0.6) is 0 Å². The van der Waals surface area contributed by atoms with Gasteiger partial charge in [-0.3, -0.25) is 10.1 Å². The first-order valence-electron chi connectivity index (χ1n) is 9.22. The highest BCUT2D eigenvalue weighted by atomic mass is 32.2. The van der Waals surface area contributed by atoms with Gasteiger partial charge in [-0.1, -0.05) is 61.4 Å². The summed E-state index contributed by atoms with van der Waals surface area (Å²) >= 11 is 0.908. The van der Waals surface area contributed by atoms with Crippen LogP contribution in [0.2, 0.25) is 0 Å².